The molecular weight excluding hydrogens is 214 g/mol. The highest BCUT2D eigenvalue weighted by Crippen LogP contribution is 2.22. The SMILES string of the molecule is CSC1=NC=CC(C2=CC=CC=CC2)=CC1. The largest absolute Gasteiger partial charge is 0.254 e. The predicted octanol–water partition coefficient (Wildman–Crippen LogP) is 4.03. The normalized spacial score (nSPS) is 19.7. The van der Waals surface area contributed by atoms with Crippen LogP contribution in [0.25, 0.3) is 0 Å². The molecule has 0 aromatic carbocycles. The Balaban J connectivity index is 2.18. The highest BCUT2D eigenvalue weighted by Gasteiger charge is 2.04. The predicted molar refractivity (Wildman–Crippen MR) is 73.8 cm³/mol. The van der Waals surface area contributed by atoms with Crippen molar-refractivity contribution in [2.75, 3.05) is 6.26 Å². The molecule has 0 spiro atoms. The van der Waals surface area contributed by atoms with Crippen molar-refractivity contribution in [1.29, 1.82) is 0 Å². The summed E-state index contributed by atoms with van der Waals surface area (Å²) in [6.45, 7) is 0. The van der Waals surface area contributed by atoms with E-state index in [-0.39, 0.29) is 0 Å². The van der Waals surface area contributed by atoms with Crippen LogP contribution >= 0.6 is 11.8 Å². The number of hydrogen-bond donors (Lipinski definition) is 0. The number of rotatable bonds is 1. The molecule has 2 rings (SSSR count). The van der Waals surface area contributed by atoms with Crippen LogP contribution in [0.2, 0.25) is 0 Å². The van der Waals surface area contributed by atoms with Crippen LogP contribution in [0, 0.1) is 0 Å². The van der Waals surface area contributed by atoms with E-state index in [2.05, 4.69) is 53.8 Å². The third kappa shape index (κ3) is 2.86. The van der Waals surface area contributed by atoms with E-state index in [9.17, 15) is 0 Å². The monoisotopic (exact) mass is 229 g/mol. The zero-order valence-corrected chi connectivity index (χ0v) is 10.2. The maximum absolute atomic E-state index is 4.39. The maximum Gasteiger partial charge on any atom is 0.0766 e. The van der Waals surface area contributed by atoms with Crippen LogP contribution in [0.1, 0.15) is 12.8 Å². The summed E-state index contributed by atoms with van der Waals surface area (Å²) >= 11 is 1.72. The summed E-state index contributed by atoms with van der Waals surface area (Å²) in [4.78, 5) is 4.39. The van der Waals surface area contributed by atoms with Crippen molar-refractivity contribution in [2.24, 2.45) is 4.99 Å². The van der Waals surface area contributed by atoms with Gasteiger partial charge in [0.25, 0.3) is 0 Å². The molecule has 16 heavy (non-hydrogen) atoms. The van der Waals surface area contributed by atoms with Crippen molar-refractivity contribution in [2.45, 2.75) is 12.8 Å². The zero-order chi connectivity index (χ0) is 11.2. The van der Waals surface area contributed by atoms with Gasteiger partial charge in [-0.1, -0.05) is 36.5 Å². The highest BCUT2D eigenvalue weighted by atomic mass is 32.2. The molecule has 0 bridgehead atoms. The van der Waals surface area contributed by atoms with Crippen LogP contribution < -0.4 is 0 Å². The molecule has 0 saturated carbocycles. The molecule has 0 N–H and O–H groups in total. The standard InChI is InChI=1S/C14H15NS/c1-16-14-9-8-13(10-11-15-14)12-6-4-2-3-5-7-12/h2-6,8,10-11H,7,9H2,1H3. The van der Waals surface area contributed by atoms with E-state index < -0.39 is 0 Å². The number of allylic oxidation sites excluding steroid dienone is 9. The molecule has 0 unspecified atom stereocenters. The Morgan fingerprint density at radius 2 is 2.12 bits per heavy atom. The summed E-state index contributed by atoms with van der Waals surface area (Å²) in [5.41, 5.74) is 2.66. The fraction of sp³-hybridized carbons (Fsp3) is 0.214. The number of hydrogen-bond acceptors (Lipinski definition) is 2. The first kappa shape index (κ1) is 11.2. The topological polar surface area (TPSA) is 12.4 Å². The smallest absolute Gasteiger partial charge is 0.0766 e. The van der Waals surface area contributed by atoms with Gasteiger partial charge in [-0.15, -0.1) is 11.8 Å². The molecule has 1 aliphatic carbocycles. The van der Waals surface area contributed by atoms with Crippen molar-refractivity contribution in [1.82, 2.24) is 0 Å². The average Bonchev–Trinajstić information content (AvgIpc) is 2.71. The third-order valence-electron chi connectivity index (χ3n) is 2.57. The maximum atomic E-state index is 4.39. The molecule has 2 aliphatic rings. The van der Waals surface area contributed by atoms with Crippen LogP contribution in [0.4, 0.5) is 0 Å². The van der Waals surface area contributed by atoms with Crippen LogP contribution in [-0.4, -0.2) is 11.3 Å². The molecule has 0 fully saturated rings. The molecule has 1 aliphatic heterocycles. The third-order valence-corrected chi connectivity index (χ3v) is 3.31. The second-order valence-corrected chi connectivity index (χ2v) is 4.49. The molecule has 0 atom stereocenters. The Morgan fingerprint density at radius 1 is 1.19 bits per heavy atom. The molecule has 2 heteroatoms. The molecule has 1 heterocycles. The van der Waals surface area contributed by atoms with Gasteiger partial charge in [0.15, 0.2) is 0 Å². The second kappa shape index (κ2) is 5.71. The lowest BCUT2D eigenvalue weighted by atomic mass is 10.0. The number of aliphatic imine (C=N–C) groups is 1. The lowest BCUT2D eigenvalue weighted by Gasteiger charge is -2.04. The van der Waals surface area contributed by atoms with Gasteiger partial charge in [0.2, 0.25) is 0 Å². The fourth-order valence-electron chi connectivity index (χ4n) is 1.68. The summed E-state index contributed by atoms with van der Waals surface area (Å²) in [7, 11) is 0. The van der Waals surface area contributed by atoms with Crippen molar-refractivity contribution < 1.29 is 0 Å². The Morgan fingerprint density at radius 3 is 3.00 bits per heavy atom. The highest BCUT2D eigenvalue weighted by molar-refractivity contribution is 8.13. The van der Waals surface area contributed by atoms with Crippen molar-refractivity contribution in [3.05, 3.63) is 59.9 Å². The fourth-order valence-corrected chi connectivity index (χ4v) is 2.10. The van der Waals surface area contributed by atoms with Crippen LogP contribution in [-0.2, 0) is 0 Å². The quantitative estimate of drug-likeness (QED) is 0.661. The molecule has 1 nitrogen and oxygen atoms in total. The van der Waals surface area contributed by atoms with Gasteiger partial charge >= 0.3 is 0 Å². The molecular formula is C14H15NS. The van der Waals surface area contributed by atoms with E-state index in [1.807, 2.05) is 6.20 Å². The van der Waals surface area contributed by atoms with Gasteiger partial charge in [0, 0.05) is 12.6 Å². The van der Waals surface area contributed by atoms with Crippen molar-refractivity contribution in [3.8, 4) is 0 Å². The van der Waals surface area contributed by atoms with Gasteiger partial charge in [-0.05, 0) is 29.9 Å². The van der Waals surface area contributed by atoms with E-state index in [1.165, 1.54) is 16.2 Å². The van der Waals surface area contributed by atoms with Gasteiger partial charge in [0.1, 0.15) is 0 Å². The second-order valence-electron chi connectivity index (χ2n) is 3.62. The van der Waals surface area contributed by atoms with Gasteiger partial charge in [-0.2, -0.15) is 0 Å². The molecule has 0 aromatic rings. The van der Waals surface area contributed by atoms with E-state index in [1.54, 1.807) is 11.8 Å². The van der Waals surface area contributed by atoms with Crippen molar-refractivity contribution in [3.63, 3.8) is 0 Å². The Kier molecular flexibility index (Phi) is 4.00. The Hall–Kier alpha value is -1.28. The van der Waals surface area contributed by atoms with E-state index >= 15 is 0 Å². The minimum atomic E-state index is 0.939. The zero-order valence-electron chi connectivity index (χ0n) is 9.39. The van der Waals surface area contributed by atoms with E-state index in [4.69, 9.17) is 0 Å². The first-order chi connectivity index (χ1) is 7.90. The summed E-state index contributed by atoms with van der Waals surface area (Å²) < 4.78 is 0. The number of thioether (sulfide) groups is 1. The number of nitrogens with zero attached hydrogens (tertiary/aromatic N) is 1. The van der Waals surface area contributed by atoms with Gasteiger partial charge in [0.05, 0.1) is 5.04 Å². The van der Waals surface area contributed by atoms with Crippen molar-refractivity contribution >= 4 is 16.8 Å². The first-order valence-electron chi connectivity index (χ1n) is 5.40. The molecule has 0 radical (unpaired) electrons. The Bertz CT molecular complexity index is 434. The minimum absolute atomic E-state index is 0.939. The summed E-state index contributed by atoms with van der Waals surface area (Å²) in [5.74, 6) is 0. The average molecular weight is 229 g/mol. The lowest BCUT2D eigenvalue weighted by Crippen LogP contribution is -1.88. The van der Waals surface area contributed by atoms with Crippen LogP contribution in [0.5, 0.6) is 0 Å². The van der Waals surface area contributed by atoms with E-state index in [0.717, 1.165) is 12.8 Å². The van der Waals surface area contributed by atoms with Gasteiger partial charge in [-0.25, -0.2) is 0 Å². The van der Waals surface area contributed by atoms with Gasteiger partial charge in [-0.3, -0.25) is 4.99 Å². The summed E-state index contributed by atoms with van der Waals surface area (Å²) in [5, 5.41) is 1.17. The summed E-state index contributed by atoms with van der Waals surface area (Å²) in [6.07, 6.45) is 20.9. The van der Waals surface area contributed by atoms with E-state index in [0.29, 0.717) is 0 Å². The van der Waals surface area contributed by atoms with Crippen LogP contribution in [0.15, 0.2) is 64.9 Å². The summed E-state index contributed by atoms with van der Waals surface area (Å²) in [6, 6.07) is 0. The lowest BCUT2D eigenvalue weighted by molar-refractivity contribution is 1.24. The Labute approximate surface area is 101 Å². The van der Waals surface area contributed by atoms with Crippen LogP contribution in [0.3, 0.4) is 0 Å². The minimum Gasteiger partial charge on any atom is -0.254 e. The molecule has 82 valence electrons. The van der Waals surface area contributed by atoms with Gasteiger partial charge < -0.3 is 0 Å². The first-order valence-corrected chi connectivity index (χ1v) is 6.63. The molecule has 0 aromatic heterocycles. The molecule has 0 saturated heterocycles. The molecule has 0 amide bonds.